The Bertz CT molecular complexity index is 399. The van der Waals surface area contributed by atoms with Crippen molar-refractivity contribution in [3.8, 4) is 6.07 Å². The van der Waals surface area contributed by atoms with Crippen LogP contribution in [0.5, 0.6) is 0 Å². The van der Waals surface area contributed by atoms with Gasteiger partial charge in [0, 0.05) is 13.8 Å². The van der Waals surface area contributed by atoms with Gasteiger partial charge in [0.05, 0.1) is 11.5 Å². The fourth-order valence-corrected chi connectivity index (χ4v) is 2.28. The SMILES string of the molecule is CC1(C)OC(=O)C(C(C)(C#N)C2CC2)C(=O)O1. The second kappa shape index (κ2) is 3.46. The van der Waals surface area contributed by atoms with Crippen molar-refractivity contribution < 1.29 is 19.1 Å². The van der Waals surface area contributed by atoms with E-state index in [9.17, 15) is 14.9 Å². The van der Waals surface area contributed by atoms with E-state index in [-0.39, 0.29) is 5.92 Å². The van der Waals surface area contributed by atoms with Crippen LogP contribution in [-0.2, 0) is 19.1 Å². The zero-order valence-corrected chi connectivity index (χ0v) is 10.1. The molecule has 1 aliphatic carbocycles. The van der Waals surface area contributed by atoms with Crippen molar-refractivity contribution in [2.75, 3.05) is 0 Å². The quantitative estimate of drug-likeness (QED) is 0.535. The molecular weight excluding hydrogens is 222 g/mol. The van der Waals surface area contributed by atoms with Crippen LogP contribution >= 0.6 is 0 Å². The first-order valence-electron chi connectivity index (χ1n) is 5.67. The number of cyclic esters (lactones) is 2. The minimum atomic E-state index is -1.23. The first-order valence-corrected chi connectivity index (χ1v) is 5.67. The van der Waals surface area contributed by atoms with E-state index in [1.165, 1.54) is 13.8 Å². The van der Waals surface area contributed by atoms with E-state index in [0.29, 0.717) is 0 Å². The van der Waals surface area contributed by atoms with Gasteiger partial charge < -0.3 is 9.47 Å². The number of hydrogen-bond donors (Lipinski definition) is 0. The molecule has 1 aliphatic heterocycles. The summed E-state index contributed by atoms with van der Waals surface area (Å²) in [4.78, 5) is 23.8. The molecule has 0 aromatic carbocycles. The Hall–Kier alpha value is -1.57. The molecular formula is C12H15NO4. The molecule has 0 aromatic rings. The topological polar surface area (TPSA) is 76.4 Å². The summed E-state index contributed by atoms with van der Waals surface area (Å²) in [5.41, 5.74) is -1.01. The number of rotatable bonds is 2. The minimum absolute atomic E-state index is 0.0822. The van der Waals surface area contributed by atoms with Gasteiger partial charge in [-0.2, -0.15) is 5.26 Å². The third-order valence-corrected chi connectivity index (χ3v) is 3.43. The molecule has 92 valence electrons. The van der Waals surface area contributed by atoms with Gasteiger partial charge in [-0.15, -0.1) is 0 Å². The van der Waals surface area contributed by atoms with Gasteiger partial charge in [-0.25, -0.2) is 0 Å². The Balaban J connectivity index is 2.30. The molecule has 2 aliphatic rings. The van der Waals surface area contributed by atoms with Crippen LogP contribution in [-0.4, -0.2) is 17.7 Å². The van der Waals surface area contributed by atoms with E-state index in [0.717, 1.165) is 12.8 Å². The fourth-order valence-electron chi connectivity index (χ4n) is 2.28. The predicted molar refractivity (Wildman–Crippen MR) is 56.2 cm³/mol. The van der Waals surface area contributed by atoms with Gasteiger partial charge in [0.1, 0.15) is 0 Å². The molecule has 1 saturated carbocycles. The molecule has 2 rings (SSSR count). The summed E-state index contributed by atoms with van der Waals surface area (Å²) in [6, 6.07) is 2.10. The number of carbonyl (C=O) groups is 2. The van der Waals surface area contributed by atoms with Crippen LogP contribution < -0.4 is 0 Å². The highest BCUT2D eigenvalue weighted by atomic mass is 16.7. The standard InChI is InChI=1S/C12H15NO4/c1-11(2)16-9(14)8(10(15)17-11)12(3,6-13)7-4-5-7/h7-8H,4-5H2,1-3H3. The molecule has 0 N–H and O–H groups in total. The number of nitrogens with zero attached hydrogens (tertiary/aromatic N) is 1. The van der Waals surface area contributed by atoms with Crippen LogP contribution in [0.4, 0.5) is 0 Å². The van der Waals surface area contributed by atoms with E-state index in [2.05, 4.69) is 6.07 Å². The van der Waals surface area contributed by atoms with Crippen molar-refractivity contribution in [3.63, 3.8) is 0 Å². The largest absolute Gasteiger partial charge is 0.422 e. The Morgan fingerprint density at radius 1 is 1.29 bits per heavy atom. The number of esters is 2. The van der Waals surface area contributed by atoms with Crippen molar-refractivity contribution in [3.05, 3.63) is 0 Å². The summed E-state index contributed by atoms with van der Waals surface area (Å²) in [5, 5.41) is 9.25. The molecule has 0 aromatic heterocycles. The molecule has 0 amide bonds. The summed E-state index contributed by atoms with van der Waals surface area (Å²) in [5.74, 6) is -3.57. The van der Waals surface area contributed by atoms with Gasteiger partial charge in [0.2, 0.25) is 0 Å². The number of carbonyl (C=O) groups excluding carboxylic acids is 2. The molecule has 1 saturated heterocycles. The third kappa shape index (κ3) is 1.88. The second-order valence-corrected chi connectivity index (χ2v) is 5.34. The molecule has 2 fully saturated rings. The Labute approximate surface area is 99.7 Å². The molecule has 0 spiro atoms. The molecule has 1 atom stereocenters. The first-order chi connectivity index (χ1) is 7.80. The van der Waals surface area contributed by atoms with Crippen LogP contribution in [0.1, 0.15) is 33.6 Å². The first kappa shape index (κ1) is 11.9. The van der Waals surface area contributed by atoms with E-state index in [4.69, 9.17) is 9.47 Å². The Morgan fingerprint density at radius 3 is 2.12 bits per heavy atom. The normalized spacial score (nSPS) is 27.6. The maximum Gasteiger partial charge on any atom is 0.325 e. The molecule has 1 unspecified atom stereocenters. The average molecular weight is 237 g/mol. The lowest BCUT2D eigenvalue weighted by Gasteiger charge is -2.37. The maximum atomic E-state index is 11.9. The highest BCUT2D eigenvalue weighted by molar-refractivity contribution is 5.98. The van der Waals surface area contributed by atoms with E-state index < -0.39 is 29.1 Å². The number of hydrogen-bond acceptors (Lipinski definition) is 5. The smallest absolute Gasteiger partial charge is 0.325 e. The second-order valence-electron chi connectivity index (χ2n) is 5.34. The summed E-state index contributed by atoms with van der Waals surface area (Å²) in [7, 11) is 0. The van der Waals surface area contributed by atoms with Crippen LogP contribution in [0.3, 0.4) is 0 Å². The van der Waals surface area contributed by atoms with Crippen LogP contribution in [0.15, 0.2) is 0 Å². The third-order valence-electron chi connectivity index (χ3n) is 3.43. The zero-order chi connectivity index (χ0) is 12.8. The van der Waals surface area contributed by atoms with Crippen molar-refractivity contribution in [1.29, 1.82) is 5.26 Å². The van der Waals surface area contributed by atoms with Gasteiger partial charge in [-0.1, -0.05) is 0 Å². The Morgan fingerprint density at radius 2 is 1.76 bits per heavy atom. The fraction of sp³-hybridized carbons (Fsp3) is 0.750. The van der Waals surface area contributed by atoms with Crippen LogP contribution in [0.2, 0.25) is 0 Å². The van der Waals surface area contributed by atoms with Gasteiger partial charge in [0.25, 0.3) is 5.79 Å². The van der Waals surface area contributed by atoms with Gasteiger partial charge >= 0.3 is 11.9 Å². The zero-order valence-electron chi connectivity index (χ0n) is 10.1. The van der Waals surface area contributed by atoms with Crippen molar-refractivity contribution in [1.82, 2.24) is 0 Å². The van der Waals surface area contributed by atoms with E-state index >= 15 is 0 Å². The lowest BCUT2D eigenvalue weighted by molar-refractivity contribution is -0.244. The van der Waals surface area contributed by atoms with Crippen LogP contribution in [0.25, 0.3) is 0 Å². The number of ether oxygens (including phenoxy) is 2. The summed E-state index contributed by atoms with van der Waals surface area (Å²) in [6.45, 7) is 4.63. The van der Waals surface area contributed by atoms with E-state index in [1.807, 2.05) is 0 Å². The number of nitriles is 1. The summed E-state index contributed by atoms with van der Waals surface area (Å²) < 4.78 is 10.1. The summed E-state index contributed by atoms with van der Waals surface area (Å²) >= 11 is 0. The maximum absolute atomic E-state index is 11.9. The highest BCUT2D eigenvalue weighted by Crippen LogP contribution is 2.51. The summed E-state index contributed by atoms with van der Waals surface area (Å²) in [6.07, 6.45) is 1.73. The van der Waals surface area contributed by atoms with Crippen LogP contribution in [0, 0.1) is 28.6 Å². The van der Waals surface area contributed by atoms with Gasteiger partial charge in [-0.05, 0) is 25.7 Å². The molecule has 0 radical (unpaired) electrons. The molecule has 5 heteroatoms. The van der Waals surface area contributed by atoms with Gasteiger partial charge in [-0.3, -0.25) is 9.59 Å². The molecule has 17 heavy (non-hydrogen) atoms. The van der Waals surface area contributed by atoms with Crippen molar-refractivity contribution >= 4 is 11.9 Å². The van der Waals surface area contributed by atoms with E-state index in [1.54, 1.807) is 6.92 Å². The molecule has 0 bridgehead atoms. The average Bonchev–Trinajstić information content (AvgIpc) is 2.96. The van der Waals surface area contributed by atoms with Crippen molar-refractivity contribution in [2.45, 2.75) is 39.4 Å². The highest BCUT2D eigenvalue weighted by Gasteiger charge is 2.58. The molecule has 1 heterocycles. The lowest BCUT2D eigenvalue weighted by Crippen LogP contribution is -2.52. The predicted octanol–water partition coefficient (Wildman–Crippen LogP) is 1.38. The lowest BCUT2D eigenvalue weighted by atomic mass is 9.73. The monoisotopic (exact) mass is 237 g/mol. The minimum Gasteiger partial charge on any atom is -0.422 e. The van der Waals surface area contributed by atoms with Crippen molar-refractivity contribution in [2.24, 2.45) is 17.3 Å². The Kier molecular flexibility index (Phi) is 2.42. The van der Waals surface area contributed by atoms with Gasteiger partial charge in [0.15, 0.2) is 5.92 Å². The molecule has 5 nitrogen and oxygen atoms in total.